The van der Waals surface area contributed by atoms with Crippen molar-refractivity contribution < 1.29 is 19.4 Å². The van der Waals surface area contributed by atoms with E-state index in [0.29, 0.717) is 26.2 Å². The molecule has 0 saturated heterocycles. The van der Waals surface area contributed by atoms with Gasteiger partial charge in [-0.25, -0.2) is 0 Å². The lowest BCUT2D eigenvalue weighted by Gasteiger charge is -2.34. The summed E-state index contributed by atoms with van der Waals surface area (Å²) < 4.78 is 10.5. The Balaban J connectivity index is 4.41. The Hall–Kier alpha value is -0.650. The third-order valence-corrected chi connectivity index (χ3v) is 2.77. The van der Waals surface area contributed by atoms with E-state index < -0.39 is 17.1 Å². The third kappa shape index (κ3) is 6.00. The number of carboxylic acid groups (broad SMARTS) is 1. The molecule has 0 heterocycles. The van der Waals surface area contributed by atoms with Gasteiger partial charge in [-0.1, -0.05) is 0 Å². The molecule has 1 unspecified atom stereocenters. The normalized spacial score (nSPS) is 15.6. The van der Waals surface area contributed by atoms with Crippen LogP contribution in [0.5, 0.6) is 0 Å². The first-order valence-corrected chi connectivity index (χ1v) is 5.89. The zero-order valence-corrected chi connectivity index (χ0v) is 11.5. The smallest absolute Gasteiger partial charge is 0.323 e. The molecule has 1 atom stereocenters. The number of aliphatic carboxylic acids is 1. The lowest BCUT2D eigenvalue weighted by atomic mass is 9.87. The highest BCUT2D eigenvalue weighted by molar-refractivity contribution is 5.78. The predicted octanol–water partition coefficient (Wildman–Crippen LogP) is 1.27. The number of hydrogen-bond acceptors (Lipinski definition) is 4. The van der Waals surface area contributed by atoms with Crippen molar-refractivity contribution in [1.82, 2.24) is 5.32 Å². The summed E-state index contributed by atoms with van der Waals surface area (Å²) in [6.07, 6.45) is 0.387. The van der Waals surface area contributed by atoms with Gasteiger partial charge in [0.25, 0.3) is 0 Å². The van der Waals surface area contributed by atoms with Crippen LogP contribution in [0.25, 0.3) is 0 Å². The highest BCUT2D eigenvalue weighted by atomic mass is 16.5. The summed E-state index contributed by atoms with van der Waals surface area (Å²) in [5.41, 5.74) is -1.48. The summed E-state index contributed by atoms with van der Waals surface area (Å²) >= 11 is 0. The Morgan fingerprint density at radius 1 is 1.35 bits per heavy atom. The topological polar surface area (TPSA) is 67.8 Å². The van der Waals surface area contributed by atoms with Gasteiger partial charge in [-0.2, -0.15) is 0 Å². The average Bonchev–Trinajstić information content (AvgIpc) is 2.24. The lowest BCUT2D eigenvalue weighted by Crippen LogP contribution is -2.54. The van der Waals surface area contributed by atoms with E-state index in [-0.39, 0.29) is 0 Å². The van der Waals surface area contributed by atoms with Gasteiger partial charge in [0.15, 0.2) is 0 Å². The number of hydrogen-bond donors (Lipinski definition) is 2. The van der Waals surface area contributed by atoms with E-state index in [1.165, 1.54) is 0 Å². The average molecular weight is 247 g/mol. The summed E-state index contributed by atoms with van der Waals surface area (Å²) in [5.74, 6) is -0.876. The van der Waals surface area contributed by atoms with E-state index in [2.05, 4.69) is 5.32 Å². The summed E-state index contributed by atoms with van der Waals surface area (Å²) in [5, 5.41) is 12.3. The van der Waals surface area contributed by atoms with Gasteiger partial charge in [0.05, 0.1) is 12.2 Å². The second kappa shape index (κ2) is 6.93. The Kier molecular flexibility index (Phi) is 6.67. The van der Waals surface area contributed by atoms with Gasteiger partial charge >= 0.3 is 5.97 Å². The van der Waals surface area contributed by atoms with E-state index in [9.17, 15) is 9.90 Å². The molecule has 2 N–H and O–H groups in total. The third-order valence-electron chi connectivity index (χ3n) is 2.77. The van der Waals surface area contributed by atoms with Crippen molar-refractivity contribution in [2.24, 2.45) is 0 Å². The van der Waals surface area contributed by atoms with E-state index in [0.717, 1.165) is 0 Å². The Bertz CT molecular complexity index is 243. The monoisotopic (exact) mass is 247 g/mol. The van der Waals surface area contributed by atoms with Crippen molar-refractivity contribution in [3.63, 3.8) is 0 Å². The van der Waals surface area contributed by atoms with Crippen molar-refractivity contribution in [2.45, 2.75) is 45.3 Å². The van der Waals surface area contributed by atoms with Gasteiger partial charge in [0.2, 0.25) is 0 Å². The molecule has 0 radical (unpaired) electrons. The molecular formula is C12H25NO4. The van der Waals surface area contributed by atoms with Gasteiger partial charge in [-0.05, 0) is 27.7 Å². The van der Waals surface area contributed by atoms with Gasteiger partial charge in [0, 0.05) is 26.7 Å². The van der Waals surface area contributed by atoms with Crippen molar-refractivity contribution in [3.8, 4) is 0 Å². The van der Waals surface area contributed by atoms with E-state index in [1.807, 2.05) is 20.8 Å². The fraction of sp³-hybridized carbons (Fsp3) is 0.917. The molecular weight excluding hydrogens is 222 g/mol. The minimum Gasteiger partial charge on any atom is -0.480 e. The second-order valence-electron chi connectivity index (χ2n) is 4.90. The van der Waals surface area contributed by atoms with Crippen LogP contribution >= 0.6 is 0 Å². The van der Waals surface area contributed by atoms with Gasteiger partial charge in [-0.15, -0.1) is 0 Å². The van der Waals surface area contributed by atoms with Crippen LogP contribution in [0.1, 0.15) is 34.1 Å². The van der Waals surface area contributed by atoms with Crippen molar-refractivity contribution >= 4 is 5.97 Å². The molecule has 0 spiro atoms. The van der Waals surface area contributed by atoms with E-state index >= 15 is 0 Å². The van der Waals surface area contributed by atoms with E-state index in [4.69, 9.17) is 9.47 Å². The highest BCUT2D eigenvalue weighted by Crippen LogP contribution is 2.23. The molecule has 0 aliphatic carbocycles. The highest BCUT2D eigenvalue weighted by Gasteiger charge is 2.38. The molecule has 5 nitrogen and oxygen atoms in total. The summed E-state index contributed by atoms with van der Waals surface area (Å²) in [6.45, 7) is 8.97. The molecule has 0 rings (SSSR count). The number of carbonyl (C=O) groups is 1. The van der Waals surface area contributed by atoms with Crippen LogP contribution in [0.4, 0.5) is 0 Å². The lowest BCUT2D eigenvalue weighted by molar-refractivity contribution is -0.147. The molecule has 0 aromatic rings. The first-order valence-electron chi connectivity index (χ1n) is 5.89. The van der Waals surface area contributed by atoms with Gasteiger partial charge in [-0.3, -0.25) is 10.1 Å². The van der Waals surface area contributed by atoms with Crippen molar-refractivity contribution in [3.05, 3.63) is 0 Å². The molecule has 0 aromatic heterocycles. The Morgan fingerprint density at radius 2 is 1.94 bits per heavy atom. The van der Waals surface area contributed by atoms with Crippen LogP contribution in [-0.2, 0) is 14.3 Å². The number of rotatable bonds is 9. The summed E-state index contributed by atoms with van der Waals surface area (Å²) in [6, 6.07) is 0. The first kappa shape index (κ1) is 16.4. The largest absolute Gasteiger partial charge is 0.480 e. The maximum atomic E-state index is 11.3. The Morgan fingerprint density at radius 3 is 2.35 bits per heavy atom. The summed E-state index contributed by atoms with van der Waals surface area (Å²) in [7, 11) is 1.59. The predicted molar refractivity (Wildman–Crippen MR) is 66.2 cm³/mol. The number of methoxy groups -OCH3 is 1. The molecule has 0 fully saturated rings. The Labute approximate surface area is 103 Å². The van der Waals surface area contributed by atoms with Crippen LogP contribution < -0.4 is 5.32 Å². The molecule has 102 valence electrons. The fourth-order valence-corrected chi connectivity index (χ4v) is 1.68. The van der Waals surface area contributed by atoms with Crippen molar-refractivity contribution in [1.29, 1.82) is 0 Å². The zero-order valence-electron chi connectivity index (χ0n) is 11.5. The molecule has 5 heteroatoms. The minimum absolute atomic E-state index is 0.387. The molecule has 0 amide bonds. The SMILES string of the molecule is CCOCCNC(C)(CC(C)(C)OC)C(=O)O. The molecule has 0 bridgehead atoms. The van der Waals surface area contributed by atoms with Crippen LogP contribution in [0.3, 0.4) is 0 Å². The van der Waals surface area contributed by atoms with Crippen molar-refractivity contribution in [2.75, 3.05) is 26.9 Å². The number of carboxylic acids is 1. The second-order valence-corrected chi connectivity index (χ2v) is 4.90. The fourth-order valence-electron chi connectivity index (χ4n) is 1.68. The first-order chi connectivity index (χ1) is 7.77. The molecule has 0 aromatic carbocycles. The van der Waals surface area contributed by atoms with Gasteiger partial charge < -0.3 is 14.6 Å². The van der Waals surface area contributed by atoms with Gasteiger partial charge in [0.1, 0.15) is 5.54 Å². The van der Waals surface area contributed by atoms with Crippen LogP contribution in [0, 0.1) is 0 Å². The van der Waals surface area contributed by atoms with Crippen LogP contribution in [0.2, 0.25) is 0 Å². The number of ether oxygens (including phenoxy) is 2. The molecule has 0 aliphatic heterocycles. The zero-order chi connectivity index (χ0) is 13.5. The summed E-state index contributed by atoms with van der Waals surface area (Å²) in [4.78, 5) is 11.3. The van der Waals surface area contributed by atoms with Crippen LogP contribution in [-0.4, -0.2) is 49.1 Å². The number of nitrogens with one attached hydrogen (secondary N) is 1. The standard InChI is InChI=1S/C12H25NO4/c1-6-17-8-7-13-12(4,10(14)15)9-11(2,3)16-5/h13H,6-9H2,1-5H3,(H,14,15). The minimum atomic E-state index is -1.00. The molecule has 17 heavy (non-hydrogen) atoms. The maximum absolute atomic E-state index is 11.3. The molecule has 0 aliphatic rings. The molecule has 0 saturated carbocycles. The quantitative estimate of drug-likeness (QED) is 0.601. The van der Waals surface area contributed by atoms with Crippen LogP contribution in [0.15, 0.2) is 0 Å². The van der Waals surface area contributed by atoms with E-state index in [1.54, 1.807) is 14.0 Å². The maximum Gasteiger partial charge on any atom is 0.323 e.